The van der Waals surface area contributed by atoms with E-state index in [0.717, 1.165) is 11.8 Å². The van der Waals surface area contributed by atoms with E-state index in [4.69, 9.17) is 16.3 Å². The molecule has 3 N–H and O–H groups in total. The molecule has 14 heavy (non-hydrogen) atoms. The number of nitrogens with one attached hydrogen (secondary N) is 1. The summed E-state index contributed by atoms with van der Waals surface area (Å²) < 4.78 is 0. The number of imidazole rings is 1. The number of nitriles is 2. The summed E-state index contributed by atoms with van der Waals surface area (Å²) in [5.41, 5.74) is 5.64. The minimum Gasteiger partial charge on any atom is -0.378 e. The van der Waals surface area contributed by atoms with Crippen LogP contribution in [0, 0.1) is 22.7 Å². The van der Waals surface area contributed by atoms with Gasteiger partial charge in [-0.25, -0.2) is 4.98 Å². The Labute approximate surface area is 84.5 Å². The van der Waals surface area contributed by atoms with Crippen molar-refractivity contribution in [1.82, 2.24) is 9.97 Å². The van der Waals surface area contributed by atoms with Gasteiger partial charge >= 0.3 is 0 Å². The van der Waals surface area contributed by atoms with E-state index < -0.39 is 0 Å². The van der Waals surface area contributed by atoms with Crippen LogP contribution in [0.5, 0.6) is 0 Å². The minimum absolute atomic E-state index is 0.0684. The molecule has 6 nitrogen and oxygen atoms in total. The molecule has 0 aliphatic carbocycles. The maximum Gasteiger partial charge on any atom is 0.177 e. The van der Waals surface area contributed by atoms with Crippen LogP contribution in [-0.2, 0) is 0 Å². The van der Waals surface area contributed by atoms with Crippen molar-refractivity contribution in [3.8, 4) is 12.1 Å². The van der Waals surface area contributed by atoms with Gasteiger partial charge in [0.1, 0.15) is 12.1 Å². The van der Waals surface area contributed by atoms with Crippen molar-refractivity contribution in [3.05, 3.63) is 11.4 Å². The first-order valence-electron chi connectivity index (χ1n) is 3.51. The van der Waals surface area contributed by atoms with Crippen LogP contribution in [-0.4, -0.2) is 22.2 Å². The first-order valence-corrected chi connectivity index (χ1v) is 4.33. The lowest BCUT2D eigenvalue weighted by molar-refractivity contribution is 1.05. The zero-order chi connectivity index (χ0) is 10.6. The second-order valence-corrected chi connectivity index (χ2v) is 3.16. The molecule has 0 radical (unpaired) electrons. The van der Waals surface area contributed by atoms with Gasteiger partial charge in [-0.1, -0.05) is 0 Å². The lowest BCUT2D eigenvalue weighted by Gasteiger charge is -1.92. The van der Waals surface area contributed by atoms with Crippen LogP contribution in [0.3, 0.4) is 0 Å². The van der Waals surface area contributed by atoms with Crippen molar-refractivity contribution < 1.29 is 0 Å². The monoisotopic (exact) mass is 206 g/mol. The van der Waals surface area contributed by atoms with Gasteiger partial charge in [0.25, 0.3) is 0 Å². The summed E-state index contributed by atoms with van der Waals surface area (Å²) in [6.07, 6.45) is 0. The third kappa shape index (κ3) is 2.03. The van der Waals surface area contributed by atoms with E-state index in [1.54, 1.807) is 13.1 Å². The molecule has 0 saturated carbocycles. The summed E-state index contributed by atoms with van der Waals surface area (Å²) in [5.74, 6) is 0. The second-order valence-electron chi connectivity index (χ2n) is 2.15. The number of aromatic amines is 1. The van der Waals surface area contributed by atoms with E-state index in [1.165, 1.54) is 0 Å². The number of nitrogens with two attached hydrogens (primary N) is 1. The van der Waals surface area contributed by atoms with E-state index in [9.17, 15) is 0 Å². The molecular weight excluding hydrogens is 200 g/mol. The Bertz CT molecular complexity index is 414. The van der Waals surface area contributed by atoms with Crippen molar-refractivity contribution in [2.75, 3.05) is 7.05 Å². The summed E-state index contributed by atoms with van der Waals surface area (Å²) in [6, 6.07) is 3.62. The van der Waals surface area contributed by atoms with Crippen molar-refractivity contribution in [3.63, 3.8) is 0 Å². The lowest BCUT2D eigenvalue weighted by Crippen LogP contribution is -2.05. The van der Waals surface area contributed by atoms with Gasteiger partial charge in [0.05, 0.1) is 0 Å². The van der Waals surface area contributed by atoms with Crippen molar-refractivity contribution in [1.29, 1.82) is 10.5 Å². The van der Waals surface area contributed by atoms with Crippen LogP contribution >= 0.6 is 11.8 Å². The molecule has 0 bridgehead atoms. The third-order valence-corrected chi connectivity index (χ3v) is 2.10. The molecule has 1 heterocycles. The molecule has 0 aromatic carbocycles. The summed E-state index contributed by atoms with van der Waals surface area (Å²) in [7, 11) is 1.54. The standard InChI is InChI=1S/C7H6N6S/c1-11-6(10)14-7-12-4(2-8)5(3-9)13-7/h1H3,(H2,10,11)(H,12,13). The average molecular weight is 206 g/mol. The van der Waals surface area contributed by atoms with Gasteiger partial charge in [0.2, 0.25) is 0 Å². The van der Waals surface area contributed by atoms with Crippen molar-refractivity contribution in [2.45, 2.75) is 5.16 Å². The van der Waals surface area contributed by atoms with E-state index in [1.807, 2.05) is 6.07 Å². The molecule has 0 aliphatic heterocycles. The highest BCUT2D eigenvalue weighted by atomic mass is 32.2. The maximum atomic E-state index is 8.61. The Balaban J connectivity index is 2.99. The first kappa shape index (κ1) is 10.1. The van der Waals surface area contributed by atoms with Gasteiger partial charge in [-0.2, -0.15) is 10.5 Å². The lowest BCUT2D eigenvalue weighted by atomic mass is 10.4. The number of amidine groups is 1. The van der Waals surface area contributed by atoms with Crippen molar-refractivity contribution in [2.24, 2.45) is 10.7 Å². The Kier molecular flexibility index (Phi) is 3.10. The molecule has 1 rings (SSSR count). The molecule has 0 fully saturated rings. The summed E-state index contributed by atoms with van der Waals surface area (Å²) in [4.78, 5) is 10.2. The van der Waals surface area contributed by atoms with Gasteiger partial charge in [-0.15, -0.1) is 0 Å². The van der Waals surface area contributed by atoms with Gasteiger partial charge < -0.3 is 10.7 Å². The fourth-order valence-electron chi connectivity index (χ4n) is 0.706. The Hall–Kier alpha value is -1.99. The van der Waals surface area contributed by atoms with Gasteiger partial charge in [-0.3, -0.25) is 4.99 Å². The number of hydrogen-bond donors (Lipinski definition) is 2. The van der Waals surface area contributed by atoms with Gasteiger partial charge in [-0.05, 0) is 11.8 Å². The Morgan fingerprint density at radius 3 is 2.71 bits per heavy atom. The van der Waals surface area contributed by atoms with E-state index in [2.05, 4.69) is 15.0 Å². The molecule has 70 valence electrons. The van der Waals surface area contributed by atoms with Crippen LogP contribution in [0.2, 0.25) is 0 Å². The summed E-state index contributed by atoms with van der Waals surface area (Å²) >= 11 is 1.07. The van der Waals surface area contributed by atoms with E-state index in [-0.39, 0.29) is 11.4 Å². The fourth-order valence-corrected chi connectivity index (χ4v) is 1.29. The topological polar surface area (TPSA) is 115 Å². The predicted molar refractivity (Wildman–Crippen MR) is 51.4 cm³/mol. The van der Waals surface area contributed by atoms with Crippen LogP contribution in [0.1, 0.15) is 11.4 Å². The number of aromatic nitrogens is 2. The quantitative estimate of drug-likeness (QED) is 0.386. The van der Waals surface area contributed by atoms with Gasteiger partial charge in [0, 0.05) is 7.05 Å². The fraction of sp³-hybridized carbons (Fsp3) is 0.143. The van der Waals surface area contributed by atoms with E-state index in [0.29, 0.717) is 10.3 Å². The summed E-state index contributed by atoms with van der Waals surface area (Å²) in [6.45, 7) is 0. The third-order valence-electron chi connectivity index (χ3n) is 1.32. The highest BCUT2D eigenvalue weighted by Gasteiger charge is 2.10. The molecule has 0 unspecified atom stereocenters. The van der Waals surface area contributed by atoms with E-state index >= 15 is 0 Å². The molecule has 7 heteroatoms. The minimum atomic E-state index is 0.0684. The molecule has 0 saturated heterocycles. The smallest absolute Gasteiger partial charge is 0.177 e. The number of nitrogens with zero attached hydrogens (tertiary/aromatic N) is 4. The van der Waals surface area contributed by atoms with Crippen molar-refractivity contribution >= 4 is 16.9 Å². The SMILES string of the molecule is CN=C(N)Sc1nc(C#N)c(C#N)[nH]1. The molecule has 0 amide bonds. The second kappa shape index (κ2) is 4.30. The highest BCUT2D eigenvalue weighted by Crippen LogP contribution is 2.15. The molecule has 0 atom stereocenters. The number of hydrogen-bond acceptors (Lipinski definition) is 5. The predicted octanol–water partition coefficient (Wildman–Crippen LogP) is 0.190. The molecule has 0 aliphatic rings. The first-order chi connectivity index (χ1) is 6.71. The molecule has 1 aromatic heterocycles. The van der Waals surface area contributed by atoms with Crippen LogP contribution in [0.4, 0.5) is 0 Å². The van der Waals surface area contributed by atoms with Crippen LogP contribution in [0.15, 0.2) is 10.1 Å². The summed E-state index contributed by atoms with van der Waals surface area (Å²) in [5, 5.41) is 17.9. The highest BCUT2D eigenvalue weighted by molar-refractivity contribution is 8.13. The number of rotatable bonds is 1. The number of aliphatic imine (C=N–C) groups is 1. The zero-order valence-electron chi connectivity index (χ0n) is 7.27. The molecule has 1 aromatic rings. The van der Waals surface area contributed by atoms with Gasteiger partial charge in [0.15, 0.2) is 21.7 Å². The Morgan fingerprint density at radius 1 is 1.57 bits per heavy atom. The number of thioether (sulfide) groups is 1. The largest absolute Gasteiger partial charge is 0.378 e. The average Bonchev–Trinajstić information content (AvgIpc) is 2.59. The normalized spacial score (nSPS) is 10.6. The van der Waals surface area contributed by atoms with Crippen LogP contribution in [0.25, 0.3) is 0 Å². The zero-order valence-corrected chi connectivity index (χ0v) is 8.09. The molecule has 0 spiro atoms. The molecular formula is C7H6N6S. The van der Waals surface area contributed by atoms with Crippen LogP contribution < -0.4 is 5.73 Å². The Morgan fingerprint density at radius 2 is 2.29 bits per heavy atom. The number of H-pyrrole nitrogens is 1. The maximum absolute atomic E-state index is 8.61.